The zero-order chi connectivity index (χ0) is 14.5. The topological polar surface area (TPSA) is 32.3 Å². The zero-order valence-electron chi connectivity index (χ0n) is 11.7. The minimum Gasteiger partial charge on any atom is -0.339 e. The molecule has 0 aliphatic carbocycles. The third-order valence-corrected chi connectivity index (χ3v) is 4.69. The number of nitrogens with one attached hydrogen (secondary N) is 1. The van der Waals surface area contributed by atoms with E-state index in [0.717, 1.165) is 38.9 Å². The van der Waals surface area contributed by atoms with Crippen LogP contribution in [0.1, 0.15) is 29.6 Å². The van der Waals surface area contributed by atoms with Crippen molar-refractivity contribution in [2.45, 2.75) is 19.3 Å². The highest BCUT2D eigenvalue weighted by Crippen LogP contribution is 2.25. The standard InChI is InChI=1S/C15H20BrFN2O/c1-18-8-5-11-6-9-19(10-7-11)15(20)12-3-2-4-13(17)14(12)16/h2-4,11,18H,5-10H2,1H3. The van der Waals surface area contributed by atoms with Crippen LogP contribution in [0.2, 0.25) is 0 Å². The lowest BCUT2D eigenvalue weighted by Gasteiger charge is -2.32. The van der Waals surface area contributed by atoms with Gasteiger partial charge in [0, 0.05) is 13.1 Å². The Morgan fingerprint density at radius 3 is 2.80 bits per heavy atom. The van der Waals surface area contributed by atoms with Gasteiger partial charge < -0.3 is 10.2 Å². The Morgan fingerprint density at radius 2 is 2.15 bits per heavy atom. The molecule has 1 saturated heterocycles. The minimum absolute atomic E-state index is 0.0801. The van der Waals surface area contributed by atoms with Gasteiger partial charge in [0.2, 0.25) is 0 Å². The second-order valence-corrected chi connectivity index (χ2v) is 6.02. The number of amides is 1. The van der Waals surface area contributed by atoms with Crippen LogP contribution in [0.25, 0.3) is 0 Å². The van der Waals surface area contributed by atoms with E-state index in [4.69, 9.17) is 0 Å². The summed E-state index contributed by atoms with van der Waals surface area (Å²) in [6.45, 7) is 2.54. The second kappa shape index (κ2) is 7.18. The van der Waals surface area contributed by atoms with Crippen molar-refractivity contribution in [2.24, 2.45) is 5.92 Å². The van der Waals surface area contributed by atoms with Gasteiger partial charge in [-0.15, -0.1) is 0 Å². The van der Waals surface area contributed by atoms with Gasteiger partial charge in [-0.2, -0.15) is 0 Å². The minimum atomic E-state index is -0.389. The maximum atomic E-state index is 13.5. The molecule has 1 amide bonds. The first-order chi connectivity index (χ1) is 9.63. The van der Waals surface area contributed by atoms with Crippen molar-refractivity contribution in [1.29, 1.82) is 0 Å². The monoisotopic (exact) mass is 342 g/mol. The lowest BCUT2D eigenvalue weighted by molar-refractivity contribution is 0.0685. The van der Waals surface area contributed by atoms with Crippen LogP contribution < -0.4 is 5.32 Å². The Bertz CT molecular complexity index is 473. The van der Waals surface area contributed by atoms with Gasteiger partial charge in [0.1, 0.15) is 5.82 Å². The number of benzene rings is 1. The predicted octanol–water partition coefficient (Wildman–Crippen LogP) is 3.05. The third kappa shape index (κ3) is 3.58. The van der Waals surface area contributed by atoms with E-state index >= 15 is 0 Å². The van der Waals surface area contributed by atoms with E-state index in [1.54, 1.807) is 12.1 Å². The molecule has 1 aliphatic heterocycles. The number of carbonyl (C=O) groups excluding carboxylic acids is 1. The van der Waals surface area contributed by atoms with Gasteiger partial charge in [0.25, 0.3) is 5.91 Å². The fourth-order valence-electron chi connectivity index (χ4n) is 2.61. The number of likely N-dealkylation sites (tertiary alicyclic amines) is 1. The molecule has 2 rings (SSSR count). The van der Waals surface area contributed by atoms with Crippen molar-refractivity contribution in [2.75, 3.05) is 26.7 Å². The maximum Gasteiger partial charge on any atom is 0.255 e. The summed E-state index contributed by atoms with van der Waals surface area (Å²) in [7, 11) is 1.96. The lowest BCUT2D eigenvalue weighted by Crippen LogP contribution is -2.39. The lowest BCUT2D eigenvalue weighted by atomic mass is 9.93. The Labute approximate surface area is 127 Å². The Kier molecular flexibility index (Phi) is 5.54. The molecular weight excluding hydrogens is 323 g/mol. The van der Waals surface area contributed by atoms with Gasteiger partial charge in [-0.05, 0) is 66.8 Å². The van der Waals surface area contributed by atoms with E-state index in [-0.39, 0.29) is 16.2 Å². The SMILES string of the molecule is CNCCC1CCN(C(=O)c2cccc(F)c2Br)CC1. The van der Waals surface area contributed by atoms with Crippen molar-refractivity contribution in [1.82, 2.24) is 10.2 Å². The van der Waals surface area contributed by atoms with Crippen LogP contribution in [0, 0.1) is 11.7 Å². The summed E-state index contributed by atoms with van der Waals surface area (Å²) in [6.07, 6.45) is 3.21. The van der Waals surface area contributed by atoms with Gasteiger partial charge in [0.05, 0.1) is 10.0 Å². The molecule has 20 heavy (non-hydrogen) atoms. The largest absolute Gasteiger partial charge is 0.339 e. The van der Waals surface area contributed by atoms with Gasteiger partial charge in [-0.25, -0.2) is 4.39 Å². The van der Waals surface area contributed by atoms with E-state index in [1.165, 1.54) is 6.07 Å². The molecule has 0 atom stereocenters. The highest BCUT2D eigenvalue weighted by molar-refractivity contribution is 9.10. The molecule has 5 heteroatoms. The van der Waals surface area contributed by atoms with E-state index in [9.17, 15) is 9.18 Å². The van der Waals surface area contributed by atoms with Crippen molar-refractivity contribution < 1.29 is 9.18 Å². The van der Waals surface area contributed by atoms with Crippen molar-refractivity contribution in [3.05, 3.63) is 34.1 Å². The third-order valence-electron chi connectivity index (χ3n) is 3.89. The summed E-state index contributed by atoms with van der Waals surface area (Å²) < 4.78 is 13.7. The molecule has 3 nitrogen and oxygen atoms in total. The zero-order valence-corrected chi connectivity index (χ0v) is 13.2. The van der Waals surface area contributed by atoms with Gasteiger partial charge in [-0.1, -0.05) is 6.07 Å². The first-order valence-electron chi connectivity index (χ1n) is 7.01. The molecule has 0 aromatic heterocycles. The molecule has 1 aromatic rings. The molecule has 0 radical (unpaired) electrons. The van der Waals surface area contributed by atoms with Crippen LogP contribution in [0.5, 0.6) is 0 Å². The molecule has 1 aliphatic rings. The summed E-state index contributed by atoms with van der Waals surface area (Å²) in [6, 6.07) is 4.60. The van der Waals surface area contributed by atoms with Crippen LogP contribution in [-0.2, 0) is 0 Å². The average molecular weight is 343 g/mol. The number of hydrogen-bond acceptors (Lipinski definition) is 2. The molecule has 1 aromatic carbocycles. The predicted molar refractivity (Wildman–Crippen MR) is 81.3 cm³/mol. The van der Waals surface area contributed by atoms with Gasteiger partial charge >= 0.3 is 0 Å². The fraction of sp³-hybridized carbons (Fsp3) is 0.533. The van der Waals surface area contributed by atoms with E-state index < -0.39 is 0 Å². The van der Waals surface area contributed by atoms with E-state index in [2.05, 4.69) is 21.2 Å². The molecule has 0 bridgehead atoms. The first-order valence-corrected chi connectivity index (χ1v) is 7.80. The normalized spacial score (nSPS) is 16.4. The summed E-state index contributed by atoms with van der Waals surface area (Å²) in [5.74, 6) is 0.214. The smallest absolute Gasteiger partial charge is 0.255 e. The second-order valence-electron chi connectivity index (χ2n) is 5.23. The number of piperidine rings is 1. The van der Waals surface area contributed by atoms with Crippen LogP contribution >= 0.6 is 15.9 Å². The van der Waals surface area contributed by atoms with Crippen LogP contribution in [0.4, 0.5) is 4.39 Å². The van der Waals surface area contributed by atoms with Crippen LogP contribution in [-0.4, -0.2) is 37.5 Å². The average Bonchev–Trinajstić information content (AvgIpc) is 2.48. The number of nitrogens with zero attached hydrogens (tertiary/aromatic N) is 1. The summed E-state index contributed by atoms with van der Waals surface area (Å²) in [4.78, 5) is 14.2. The molecule has 0 spiro atoms. The molecule has 1 fully saturated rings. The van der Waals surface area contributed by atoms with Crippen molar-refractivity contribution in [3.63, 3.8) is 0 Å². The van der Waals surface area contributed by atoms with Crippen LogP contribution in [0.3, 0.4) is 0 Å². The molecule has 110 valence electrons. The Balaban J connectivity index is 1.96. The van der Waals surface area contributed by atoms with Crippen molar-refractivity contribution in [3.8, 4) is 0 Å². The van der Waals surface area contributed by atoms with Gasteiger partial charge in [0.15, 0.2) is 0 Å². The fourth-order valence-corrected chi connectivity index (χ4v) is 3.05. The quantitative estimate of drug-likeness (QED) is 0.911. The summed E-state index contributed by atoms with van der Waals surface area (Å²) in [5, 5.41) is 3.16. The number of hydrogen-bond donors (Lipinski definition) is 1. The molecular formula is C15H20BrFN2O. The highest BCUT2D eigenvalue weighted by Gasteiger charge is 2.25. The first kappa shape index (κ1) is 15.4. The number of carbonyl (C=O) groups is 1. The molecule has 1 heterocycles. The van der Waals surface area contributed by atoms with Crippen LogP contribution in [0.15, 0.2) is 22.7 Å². The van der Waals surface area contributed by atoms with Gasteiger partial charge in [-0.3, -0.25) is 4.79 Å². The molecule has 0 unspecified atom stereocenters. The van der Waals surface area contributed by atoms with E-state index in [0.29, 0.717) is 11.5 Å². The Morgan fingerprint density at radius 1 is 1.45 bits per heavy atom. The molecule has 1 N–H and O–H groups in total. The van der Waals surface area contributed by atoms with E-state index in [1.807, 2.05) is 11.9 Å². The number of halogens is 2. The Hall–Kier alpha value is -0.940. The van der Waals surface area contributed by atoms with Crippen molar-refractivity contribution >= 4 is 21.8 Å². The molecule has 0 saturated carbocycles. The summed E-state index contributed by atoms with van der Waals surface area (Å²) in [5.41, 5.74) is 0.415. The highest BCUT2D eigenvalue weighted by atomic mass is 79.9. The maximum absolute atomic E-state index is 13.5. The summed E-state index contributed by atoms with van der Waals surface area (Å²) >= 11 is 3.16. The number of rotatable bonds is 4.